The highest BCUT2D eigenvalue weighted by molar-refractivity contribution is 7.94. The van der Waals surface area contributed by atoms with Crippen molar-refractivity contribution in [3.8, 4) is 0 Å². The Morgan fingerprint density at radius 1 is 0.833 bits per heavy atom. The SMILES string of the molecule is CC.Cc1ccc(N2CCN(SN3CCCCC3)CC2c2ccc(Cl)cc2)c(Cl)c1. The molecule has 0 spiro atoms. The first kappa shape index (κ1) is 23.7. The van der Waals surface area contributed by atoms with Gasteiger partial charge in [0.25, 0.3) is 0 Å². The molecule has 1 atom stereocenters. The van der Waals surface area contributed by atoms with Crippen LogP contribution >= 0.6 is 35.3 Å². The fourth-order valence-corrected chi connectivity index (χ4v) is 5.63. The minimum atomic E-state index is 0.253. The predicted molar refractivity (Wildman–Crippen MR) is 134 cm³/mol. The molecule has 30 heavy (non-hydrogen) atoms. The maximum absolute atomic E-state index is 6.64. The molecule has 0 bridgehead atoms. The van der Waals surface area contributed by atoms with Crippen molar-refractivity contribution in [1.29, 1.82) is 0 Å². The van der Waals surface area contributed by atoms with Crippen LogP contribution in [-0.4, -0.2) is 41.3 Å². The lowest BCUT2D eigenvalue weighted by atomic mass is 10.0. The number of hydrogen-bond acceptors (Lipinski definition) is 4. The Bertz CT molecular complexity index is 794. The number of hydrogen-bond donors (Lipinski definition) is 0. The van der Waals surface area contributed by atoms with Gasteiger partial charge in [0.2, 0.25) is 0 Å². The third kappa shape index (κ3) is 6.08. The van der Waals surface area contributed by atoms with Gasteiger partial charge in [-0.15, -0.1) is 0 Å². The lowest BCUT2D eigenvalue weighted by Crippen LogP contribution is -2.47. The van der Waals surface area contributed by atoms with E-state index >= 15 is 0 Å². The summed E-state index contributed by atoms with van der Waals surface area (Å²) >= 11 is 14.7. The molecule has 2 saturated heterocycles. The van der Waals surface area contributed by atoms with Crippen molar-refractivity contribution in [2.24, 2.45) is 0 Å². The van der Waals surface area contributed by atoms with E-state index < -0.39 is 0 Å². The van der Waals surface area contributed by atoms with Crippen LogP contribution in [0.3, 0.4) is 0 Å². The molecule has 0 radical (unpaired) electrons. The van der Waals surface area contributed by atoms with E-state index in [4.69, 9.17) is 23.2 Å². The van der Waals surface area contributed by atoms with Crippen LogP contribution in [0.2, 0.25) is 10.0 Å². The van der Waals surface area contributed by atoms with Gasteiger partial charge in [0.1, 0.15) is 0 Å². The van der Waals surface area contributed by atoms with Gasteiger partial charge in [0.15, 0.2) is 0 Å². The number of piperidine rings is 1. The summed E-state index contributed by atoms with van der Waals surface area (Å²) in [6.07, 6.45) is 3.99. The van der Waals surface area contributed by atoms with Crippen LogP contribution in [-0.2, 0) is 0 Å². The summed E-state index contributed by atoms with van der Waals surface area (Å²) in [5.74, 6) is 0. The molecule has 2 fully saturated rings. The number of halogens is 2. The van der Waals surface area contributed by atoms with Crippen LogP contribution in [0.1, 0.15) is 50.3 Å². The van der Waals surface area contributed by atoms with E-state index in [0.29, 0.717) is 0 Å². The molecular formula is C24H33Cl2N3S. The number of benzene rings is 2. The maximum atomic E-state index is 6.64. The van der Waals surface area contributed by atoms with E-state index in [1.54, 1.807) is 0 Å². The van der Waals surface area contributed by atoms with Gasteiger partial charge < -0.3 is 4.90 Å². The number of anilines is 1. The Kier molecular flexibility index (Phi) is 9.21. The lowest BCUT2D eigenvalue weighted by molar-refractivity contribution is 0.326. The quantitative estimate of drug-likeness (QED) is 0.439. The first-order valence-corrected chi connectivity index (χ1v) is 12.5. The van der Waals surface area contributed by atoms with E-state index in [2.05, 4.69) is 50.8 Å². The molecule has 1 unspecified atom stereocenters. The van der Waals surface area contributed by atoms with Crippen molar-refractivity contribution in [3.63, 3.8) is 0 Å². The minimum Gasteiger partial charge on any atom is -0.361 e. The fourth-order valence-electron chi connectivity index (χ4n) is 4.05. The first-order chi connectivity index (χ1) is 14.6. The molecule has 3 nitrogen and oxygen atoms in total. The molecule has 0 aromatic heterocycles. The fraction of sp³-hybridized carbons (Fsp3) is 0.500. The Labute approximate surface area is 196 Å². The predicted octanol–water partition coefficient (Wildman–Crippen LogP) is 7.24. The first-order valence-electron chi connectivity index (χ1n) is 11.1. The standard InChI is InChI=1S/C22H27Cl2N3S.C2H6/c1-17-5-10-21(20(24)15-17)27-14-13-26(28-25-11-3-2-4-12-25)16-22(27)18-6-8-19(23)9-7-18;1-2/h5-10,15,22H,2-4,11-14,16H2,1H3;1-2H3. The van der Waals surface area contributed by atoms with Gasteiger partial charge in [-0.05, 0) is 55.2 Å². The second-order valence-electron chi connectivity index (χ2n) is 7.67. The molecule has 0 aliphatic carbocycles. The van der Waals surface area contributed by atoms with E-state index in [1.165, 1.54) is 43.5 Å². The van der Waals surface area contributed by atoms with E-state index in [0.717, 1.165) is 35.4 Å². The van der Waals surface area contributed by atoms with Gasteiger partial charge >= 0.3 is 0 Å². The summed E-state index contributed by atoms with van der Waals surface area (Å²) in [7, 11) is 0. The molecule has 2 aromatic rings. The zero-order chi connectivity index (χ0) is 21.5. The van der Waals surface area contributed by atoms with Crippen molar-refractivity contribution >= 4 is 41.0 Å². The van der Waals surface area contributed by atoms with Crippen LogP contribution in [0, 0.1) is 6.92 Å². The topological polar surface area (TPSA) is 9.72 Å². The third-order valence-corrected chi connectivity index (χ3v) is 7.27. The second-order valence-corrected chi connectivity index (χ2v) is 9.71. The Balaban J connectivity index is 0.00000124. The van der Waals surface area contributed by atoms with Crippen molar-refractivity contribution < 1.29 is 0 Å². The van der Waals surface area contributed by atoms with E-state index in [-0.39, 0.29) is 6.04 Å². The highest BCUT2D eigenvalue weighted by Crippen LogP contribution is 2.38. The van der Waals surface area contributed by atoms with Gasteiger partial charge in [-0.2, -0.15) is 0 Å². The van der Waals surface area contributed by atoms with Crippen molar-refractivity contribution in [3.05, 3.63) is 63.6 Å². The Hall–Kier alpha value is -0.910. The summed E-state index contributed by atoms with van der Waals surface area (Å²) in [5.41, 5.74) is 3.59. The van der Waals surface area contributed by atoms with Crippen molar-refractivity contribution in [2.45, 2.75) is 46.1 Å². The van der Waals surface area contributed by atoms with Crippen LogP contribution in [0.5, 0.6) is 0 Å². The minimum absolute atomic E-state index is 0.253. The van der Waals surface area contributed by atoms with Crippen molar-refractivity contribution in [2.75, 3.05) is 37.6 Å². The lowest BCUT2D eigenvalue weighted by Gasteiger charge is -2.44. The Morgan fingerprint density at radius 3 is 2.20 bits per heavy atom. The molecule has 0 N–H and O–H groups in total. The highest BCUT2D eigenvalue weighted by Gasteiger charge is 2.31. The van der Waals surface area contributed by atoms with Crippen LogP contribution < -0.4 is 4.90 Å². The van der Waals surface area contributed by atoms with E-state index in [1.807, 2.05) is 38.1 Å². The van der Waals surface area contributed by atoms with Crippen molar-refractivity contribution in [1.82, 2.24) is 8.61 Å². The highest BCUT2D eigenvalue weighted by atomic mass is 35.5. The summed E-state index contributed by atoms with van der Waals surface area (Å²) < 4.78 is 5.04. The van der Waals surface area contributed by atoms with Gasteiger partial charge in [-0.25, -0.2) is 8.61 Å². The second kappa shape index (κ2) is 11.6. The molecule has 2 heterocycles. The molecule has 6 heteroatoms. The normalized spacial score (nSPS) is 20.6. The zero-order valence-corrected chi connectivity index (χ0v) is 20.6. The largest absolute Gasteiger partial charge is 0.361 e. The number of rotatable bonds is 4. The number of nitrogens with zero attached hydrogens (tertiary/aromatic N) is 3. The maximum Gasteiger partial charge on any atom is 0.0680 e. The smallest absolute Gasteiger partial charge is 0.0680 e. The third-order valence-electron chi connectivity index (χ3n) is 5.56. The molecule has 0 saturated carbocycles. The van der Waals surface area contributed by atoms with Gasteiger partial charge in [0.05, 0.1) is 16.8 Å². The van der Waals surface area contributed by atoms with Gasteiger partial charge in [0, 0.05) is 49.9 Å². The van der Waals surface area contributed by atoms with Gasteiger partial charge in [-0.3, -0.25) is 0 Å². The van der Waals surface area contributed by atoms with Crippen LogP contribution in [0.15, 0.2) is 42.5 Å². The zero-order valence-electron chi connectivity index (χ0n) is 18.3. The van der Waals surface area contributed by atoms with Crippen LogP contribution in [0.4, 0.5) is 5.69 Å². The molecule has 164 valence electrons. The Morgan fingerprint density at radius 2 is 1.53 bits per heavy atom. The van der Waals surface area contributed by atoms with E-state index in [9.17, 15) is 0 Å². The average Bonchev–Trinajstić information content (AvgIpc) is 2.77. The monoisotopic (exact) mass is 465 g/mol. The molecule has 0 amide bonds. The molecule has 2 aliphatic heterocycles. The molecular weight excluding hydrogens is 433 g/mol. The average molecular weight is 467 g/mol. The number of aryl methyl sites for hydroxylation is 1. The summed E-state index contributed by atoms with van der Waals surface area (Å²) in [5, 5.41) is 1.61. The summed E-state index contributed by atoms with van der Waals surface area (Å²) in [6.45, 7) is 11.4. The van der Waals surface area contributed by atoms with Gasteiger partial charge in [-0.1, -0.05) is 61.7 Å². The summed E-state index contributed by atoms with van der Waals surface area (Å²) in [4.78, 5) is 2.46. The summed E-state index contributed by atoms with van der Waals surface area (Å²) in [6, 6.07) is 14.9. The van der Waals surface area contributed by atoms with Crippen LogP contribution in [0.25, 0.3) is 0 Å². The number of piperazine rings is 1. The molecule has 2 aliphatic rings. The molecule has 2 aromatic carbocycles. The molecule has 4 rings (SSSR count).